The molecule has 0 saturated heterocycles. The second-order valence-electron chi connectivity index (χ2n) is 3.72. The highest BCUT2D eigenvalue weighted by atomic mass is 32.2. The third-order valence-corrected chi connectivity index (χ3v) is 3.69. The van der Waals surface area contributed by atoms with E-state index < -0.39 is 10.0 Å². The van der Waals surface area contributed by atoms with Gasteiger partial charge in [-0.05, 0) is 18.7 Å². The van der Waals surface area contributed by atoms with E-state index in [0.29, 0.717) is 12.1 Å². The van der Waals surface area contributed by atoms with Gasteiger partial charge in [-0.1, -0.05) is 6.92 Å². The standard InChI is InChI=1S/C10H14N6O2S/c1-2-11-6-8-7-13-15-10(8)19(17,18)16-9-4-3-5-12-14-9/h3-5,7,11H,2,6H2,1H3,(H,13,15)(H,14,16). The van der Waals surface area contributed by atoms with E-state index in [-0.39, 0.29) is 10.8 Å². The molecule has 0 spiro atoms. The lowest BCUT2D eigenvalue weighted by molar-refractivity contribution is 0.594. The van der Waals surface area contributed by atoms with Crippen molar-refractivity contribution in [2.45, 2.75) is 18.5 Å². The Labute approximate surface area is 110 Å². The van der Waals surface area contributed by atoms with Gasteiger partial charge in [0.05, 0.1) is 6.20 Å². The summed E-state index contributed by atoms with van der Waals surface area (Å²) in [5.74, 6) is 0.159. The van der Waals surface area contributed by atoms with Crippen molar-refractivity contribution in [3.63, 3.8) is 0 Å². The SMILES string of the molecule is CCNCc1cn[nH]c1S(=O)(=O)Nc1cccnn1. The van der Waals surface area contributed by atoms with Gasteiger partial charge >= 0.3 is 0 Å². The van der Waals surface area contributed by atoms with Crippen LogP contribution < -0.4 is 10.0 Å². The summed E-state index contributed by atoms with van der Waals surface area (Å²) in [6, 6.07) is 3.11. The molecule has 0 aliphatic carbocycles. The first-order chi connectivity index (χ1) is 9.13. The number of H-pyrrole nitrogens is 1. The molecule has 8 nitrogen and oxygen atoms in total. The summed E-state index contributed by atoms with van der Waals surface area (Å²) in [5.41, 5.74) is 0.568. The lowest BCUT2D eigenvalue weighted by Crippen LogP contribution is -2.19. The second-order valence-corrected chi connectivity index (χ2v) is 5.34. The molecule has 3 N–H and O–H groups in total. The lowest BCUT2D eigenvalue weighted by atomic mass is 10.3. The average molecular weight is 282 g/mol. The van der Waals surface area contributed by atoms with Gasteiger partial charge in [0.15, 0.2) is 10.8 Å². The molecule has 0 atom stereocenters. The quantitative estimate of drug-likeness (QED) is 0.693. The number of aromatic nitrogens is 4. The van der Waals surface area contributed by atoms with Crippen molar-refractivity contribution in [3.8, 4) is 0 Å². The molecular weight excluding hydrogens is 268 g/mol. The van der Waals surface area contributed by atoms with Crippen molar-refractivity contribution in [1.29, 1.82) is 0 Å². The molecule has 19 heavy (non-hydrogen) atoms. The van der Waals surface area contributed by atoms with Crippen molar-refractivity contribution in [2.75, 3.05) is 11.3 Å². The molecule has 2 rings (SSSR count). The van der Waals surface area contributed by atoms with E-state index in [9.17, 15) is 8.42 Å². The maximum absolute atomic E-state index is 12.2. The van der Waals surface area contributed by atoms with Crippen LogP contribution in [0.1, 0.15) is 12.5 Å². The summed E-state index contributed by atoms with van der Waals surface area (Å²) in [7, 11) is -3.74. The van der Waals surface area contributed by atoms with Gasteiger partial charge in [-0.3, -0.25) is 9.82 Å². The second kappa shape index (κ2) is 5.76. The predicted octanol–water partition coefficient (Wildman–Crippen LogP) is 0.110. The number of nitrogens with zero attached hydrogens (tertiary/aromatic N) is 3. The monoisotopic (exact) mass is 282 g/mol. The maximum Gasteiger partial charge on any atom is 0.280 e. The third-order valence-electron chi connectivity index (χ3n) is 2.32. The normalized spacial score (nSPS) is 11.4. The zero-order chi connectivity index (χ0) is 13.7. The lowest BCUT2D eigenvalue weighted by Gasteiger charge is -2.07. The fourth-order valence-corrected chi connectivity index (χ4v) is 2.59. The molecular formula is C10H14N6O2S. The molecule has 2 heterocycles. The van der Waals surface area contributed by atoms with Crippen LogP contribution in [0.5, 0.6) is 0 Å². The van der Waals surface area contributed by atoms with E-state index in [0.717, 1.165) is 6.54 Å². The van der Waals surface area contributed by atoms with Gasteiger partial charge in [0.25, 0.3) is 10.0 Å². The number of aromatic amines is 1. The Kier molecular flexibility index (Phi) is 4.07. The minimum Gasteiger partial charge on any atom is -0.313 e. The molecule has 2 aromatic rings. The Bertz CT molecular complexity index is 624. The van der Waals surface area contributed by atoms with Gasteiger partial charge in [0.1, 0.15) is 0 Å². The molecule has 0 bridgehead atoms. The number of hydrogen-bond acceptors (Lipinski definition) is 6. The molecule has 0 radical (unpaired) electrons. The molecule has 0 aromatic carbocycles. The summed E-state index contributed by atoms with van der Waals surface area (Å²) < 4.78 is 26.7. The molecule has 0 aliphatic heterocycles. The number of hydrogen-bond donors (Lipinski definition) is 3. The maximum atomic E-state index is 12.2. The number of rotatable bonds is 6. The van der Waals surface area contributed by atoms with Gasteiger partial charge in [-0.15, -0.1) is 5.10 Å². The fourth-order valence-electron chi connectivity index (χ4n) is 1.46. The Balaban J connectivity index is 2.22. The fraction of sp³-hybridized carbons (Fsp3) is 0.300. The van der Waals surface area contributed by atoms with Crippen molar-refractivity contribution in [2.24, 2.45) is 0 Å². The van der Waals surface area contributed by atoms with Crippen LogP contribution in [0.2, 0.25) is 0 Å². The highest BCUT2D eigenvalue weighted by Crippen LogP contribution is 2.15. The minimum atomic E-state index is -3.74. The van der Waals surface area contributed by atoms with Crippen LogP contribution in [0.3, 0.4) is 0 Å². The van der Waals surface area contributed by atoms with E-state index in [1.165, 1.54) is 18.5 Å². The van der Waals surface area contributed by atoms with E-state index in [1.807, 2.05) is 6.92 Å². The first kappa shape index (κ1) is 13.4. The highest BCUT2D eigenvalue weighted by Gasteiger charge is 2.21. The summed E-state index contributed by atoms with van der Waals surface area (Å²) in [6.07, 6.45) is 2.94. The van der Waals surface area contributed by atoms with Crippen molar-refractivity contribution in [3.05, 3.63) is 30.1 Å². The van der Waals surface area contributed by atoms with Crippen molar-refractivity contribution in [1.82, 2.24) is 25.7 Å². The molecule has 9 heteroatoms. The Morgan fingerprint density at radius 3 is 2.95 bits per heavy atom. The van der Waals surface area contributed by atoms with Crippen LogP contribution in [0.4, 0.5) is 5.82 Å². The first-order valence-corrected chi connectivity index (χ1v) is 7.15. The van der Waals surface area contributed by atoms with E-state index in [4.69, 9.17) is 0 Å². The van der Waals surface area contributed by atoms with E-state index in [2.05, 4.69) is 30.4 Å². The predicted molar refractivity (Wildman–Crippen MR) is 68.8 cm³/mol. The van der Waals surface area contributed by atoms with Gasteiger partial charge in [0, 0.05) is 18.3 Å². The molecule has 102 valence electrons. The number of nitrogens with one attached hydrogen (secondary N) is 3. The van der Waals surface area contributed by atoms with Crippen LogP contribution in [-0.4, -0.2) is 35.4 Å². The summed E-state index contributed by atoms with van der Waals surface area (Å²) in [6.45, 7) is 3.10. The highest BCUT2D eigenvalue weighted by molar-refractivity contribution is 7.92. The molecule has 2 aromatic heterocycles. The zero-order valence-corrected chi connectivity index (χ0v) is 11.1. The Hall–Kier alpha value is -2.00. The van der Waals surface area contributed by atoms with Gasteiger partial charge < -0.3 is 5.32 Å². The topological polar surface area (TPSA) is 113 Å². The van der Waals surface area contributed by atoms with Gasteiger partial charge in [0.2, 0.25) is 0 Å². The smallest absolute Gasteiger partial charge is 0.280 e. The largest absolute Gasteiger partial charge is 0.313 e. The van der Waals surface area contributed by atoms with E-state index >= 15 is 0 Å². The molecule has 0 saturated carbocycles. The summed E-state index contributed by atoms with van der Waals surface area (Å²) in [4.78, 5) is 0. The van der Waals surface area contributed by atoms with E-state index in [1.54, 1.807) is 6.07 Å². The van der Waals surface area contributed by atoms with Crippen molar-refractivity contribution < 1.29 is 8.42 Å². The van der Waals surface area contributed by atoms with Crippen LogP contribution in [-0.2, 0) is 16.6 Å². The molecule has 0 amide bonds. The van der Waals surface area contributed by atoms with Crippen LogP contribution >= 0.6 is 0 Å². The van der Waals surface area contributed by atoms with Crippen LogP contribution in [0, 0.1) is 0 Å². The minimum absolute atomic E-state index is 0.0269. The number of anilines is 1. The summed E-state index contributed by atoms with van der Waals surface area (Å²) in [5, 5.41) is 16.6. The molecule has 0 unspecified atom stereocenters. The number of sulfonamides is 1. The van der Waals surface area contributed by atoms with Crippen LogP contribution in [0.15, 0.2) is 29.6 Å². The average Bonchev–Trinajstić information content (AvgIpc) is 2.86. The summed E-state index contributed by atoms with van der Waals surface area (Å²) >= 11 is 0. The molecule has 0 aliphatic rings. The van der Waals surface area contributed by atoms with Gasteiger partial charge in [-0.2, -0.15) is 18.6 Å². The first-order valence-electron chi connectivity index (χ1n) is 5.67. The molecule has 0 fully saturated rings. The zero-order valence-electron chi connectivity index (χ0n) is 10.3. The van der Waals surface area contributed by atoms with Crippen LogP contribution in [0.25, 0.3) is 0 Å². The van der Waals surface area contributed by atoms with Gasteiger partial charge in [-0.25, -0.2) is 0 Å². The Morgan fingerprint density at radius 2 is 2.26 bits per heavy atom. The Morgan fingerprint density at radius 1 is 1.42 bits per heavy atom. The van der Waals surface area contributed by atoms with Crippen molar-refractivity contribution >= 4 is 15.8 Å². The third kappa shape index (κ3) is 3.26.